The lowest BCUT2D eigenvalue weighted by molar-refractivity contribution is 0.105. The molecule has 1 spiro atoms. The molecule has 0 bridgehead atoms. The maximum Gasteiger partial charge on any atom is 0.115 e. The fourth-order valence-corrected chi connectivity index (χ4v) is 6.24. The van der Waals surface area contributed by atoms with Gasteiger partial charge in [0.25, 0.3) is 0 Å². The second-order valence-corrected chi connectivity index (χ2v) is 7.55. The first-order valence-corrected chi connectivity index (χ1v) is 8.10. The van der Waals surface area contributed by atoms with E-state index in [9.17, 15) is 5.11 Å². The van der Waals surface area contributed by atoms with Crippen LogP contribution in [-0.2, 0) is 6.42 Å². The molecule has 5 atom stereocenters. The van der Waals surface area contributed by atoms with E-state index in [-0.39, 0.29) is 0 Å². The molecule has 5 rings (SSSR count). The molecule has 3 saturated carbocycles. The average molecular weight is 254 g/mol. The molecule has 100 valence electrons. The minimum atomic E-state index is 0.451. The second-order valence-electron chi connectivity index (χ2n) is 7.55. The summed E-state index contributed by atoms with van der Waals surface area (Å²) < 4.78 is 0. The van der Waals surface area contributed by atoms with Crippen molar-refractivity contribution in [3.63, 3.8) is 0 Å². The Bertz CT molecular complexity index is 549. The smallest absolute Gasteiger partial charge is 0.115 e. The van der Waals surface area contributed by atoms with Crippen LogP contribution in [0.1, 0.15) is 55.6 Å². The molecule has 0 amide bonds. The molecule has 3 fully saturated rings. The van der Waals surface area contributed by atoms with Gasteiger partial charge in [-0.05, 0) is 97.3 Å². The minimum absolute atomic E-state index is 0.451. The Morgan fingerprint density at radius 2 is 2.05 bits per heavy atom. The van der Waals surface area contributed by atoms with E-state index in [1.54, 1.807) is 12.0 Å². The summed E-state index contributed by atoms with van der Waals surface area (Å²) in [5.41, 5.74) is 3.82. The summed E-state index contributed by atoms with van der Waals surface area (Å²) in [6, 6.07) is 6.14. The number of phenols is 1. The summed E-state index contributed by atoms with van der Waals surface area (Å²) in [5, 5.41) is 9.68. The number of rotatable bonds is 0. The van der Waals surface area contributed by atoms with Gasteiger partial charge in [0.15, 0.2) is 0 Å². The number of hydrogen-bond donors (Lipinski definition) is 1. The first kappa shape index (κ1) is 10.8. The van der Waals surface area contributed by atoms with Crippen molar-refractivity contribution in [2.75, 3.05) is 0 Å². The van der Waals surface area contributed by atoms with Gasteiger partial charge in [-0.1, -0.05) is 6.07 Å². The zero-order chi connectivity index (χ0) is 12.6. The number of benzene rings is 1. The number of aromatic hydroxyl groups is 1. The van der Waals surface area contributed by atoms with Crippen molar-refractivity contribution in [2.45, 2.75) is 50.9 Å². The van der Waals surface area contributed by atoms with Crippen LogP contribution in [-0.4, -0.2) is 5.11 Å². The first-order valence-electron chi connectivity index (χ1n) is 8.10. The van der Waals surface area contributed by atoms with Gasteiger partial charge >= 0.3 is 0 Å². The van der Waals surface area contributed by atoms with E-state index >= 15 is 0 Å². The van der Waals surface area contributed by atoms with E-state index in [4.69, 9.17) is 0 Å². The maximum atomic E-state index is 9.68. The van der Waals surface area contributed by atoms with Crippen molar-refractivity contribution in [3.8, 4) is 5.75 Å². The zero-order valence-electron chi connectivity index (χ0n) is 11.4. The highest BCUT2D eigenvalue weighted by atomic mass is 16.3. The van der Waals surface area contributed by atoms with Gasteiger partial charge in [0, 0.05) is 0 Å². The van der Waals surface area contributed by atoms with Crippen molar-refractivity contribution < 1.29 is 5.11 Å². The van der Waals surface area contributed by atoms with Crippen LogP contribution in [0.5, 0.6) is 5.75 Å². The first-order chi connectivity index (χ1) is 9.28. The molecule has 19 heavy (non-hydrogen) atoms. The fraction of sp³-hybridized carbons (Fsp3) is 0.667. The molecule has 1 aromatic rings. The topological polar surface area (TPSA) is 20.2 Å². The third-order valence-electron chi connectivity index (χ3n) is 7.07. The van der Waals surface area contributed by atoms with Crippen LogP contribution in [0.3, 0.4) is 0 Å². The largest absolute Gasteiger partial charge is 0.508 e. The molecule has 0 heterocycles. The van der Waals surface area contributed by atoms with Gasteiger partial charge < -0.3 is 5.11 Å². The van der Waals surface area contributed by atoms with Gasteiger partial charge in [-0.25, -0.2) is 0 Å². The molecular formula is C18H22O. The summed E-state index contributed by atoms with van der Waals surface area (Å²) >= 11 is 0. The van der Waals surface area contributed by atoms with Gasteiger partial charge in [-0.3, -0.25) is 0 Å². The molecule has 1 heteroatoms. The Kier molecular flexibility index (Phi) is 1.91. The minimum Gasteiger partial charge on any atom is -0.508 e. The van der Waals surface area contributed by atoms with Crippen molar-refractivity contribution in [2.24, 2.45) is 23.2 Å². The fourth-order valence-electron chi connectivity index (χ4n) is 6.24. The van der Waals surface area contributed by atoms with E-state index in [0.29, 0.717) is 5.75 Å². The summed E-state index contributed by atoms with van der Waals surface area (Å²) in [5.74, 6) is 4.36. The lowest BCUT2D eigenvalue weighted by atomic mass is 9.59. The molecule has 0 aliphatic heterocycles. The highest BCUT2D eigenvalue weighted by Crippen LogP contribution is 2.75. The third-order valence-corrected chi connectivity index (χ3v) is 7.07. The normalized spacial score (nSPS) is 45.9. The van der Waals surface area contributed by atoms with Gasteiger partial charge in [-0.2, -0.15) is 0 Å². The molecule has 5 unspecified atom stereocenters. The zero-order valence-corrected chi connectivity index (χ0v) is 11.4. The summed E-state index contributed by atoms with van der Waals surface area (Å²) in [6.07, 6.45) is 10.1. The van der Waals surface area contributed by atoms with Gasteiger partial charge in [-0.15, -0.1) is 0 Å². The van der Waals surface area contributed by atoms with Crippen LogP contribution in [0.4, 0.5) is 0 Å². The number of hydrogen-bond acceptors (Lipinski definition) is 1. The molecule has 4 aliphatic carbocycles. The summed E-state index contributed by atoms with van der Waals surface area (Å²) in [7, 11) is 0. The Hall–Kier alpha value is -0.980. The highest BCUT2D eigenvalue weighted by Gasteiger charge is 2.66. The van der Waals surface area contributed by atoms with Crippen LogP contribution in [0.15, 0.2) is 18.2 Å². The van der Waals surface area contributed by atoms with Crippen molar-refractivity contribution in [1.29, 1.82) is 0 Å². The van der Waals surface area contributed by atoms with Crippen LogP contribution in [0.25, 0.3) is 0 Å². The van der Waals surface area contributed by atoms with Crippen molar-refractivity contribution in [1.82, 2.24) is 0 Å². The molecule has 0 radical (unpaired) electrons. The van der Waals surface area contributed by atoms with Crippen molar-refractivity contribution in [3.05, 3.63) is 29.3 Å². The Morgan fingerprint density at radius 1 is 1.11 bits per heavy atom. The van der Waals surface area contributed by atoms with Gasteiger partial charge in [0.2, 0.25) is 0 Å². The quantitative estimate of drug-likeness (QED) is 0.734. The molecule has 0 aromatic heterocycles. The number of fused-ring (bicyclic) bond motifs is 4. The number of phenolic OH excluding ortho intramolecular Hbond substituents is 1. The van der Waals surface area contributed by atoms with Crippen molar-refractivity contribution >= 4 is 0 Å². The highest BCUT2D eigenvalue weighted by molar-refractivity contribution is 5.40. The predicted octanol–water partition coefficient (Wildman–Crippen LogP) is 4.25. The average Bonchev–Trinajstić information content (AvgIpc) is 3.00. The van der Waals surface area contributed by atoms with Crippen LogP contribution >= 0.6 is 0 Å². The van der Waals surface area contributed by atoms with Gasteiger partial charge in [0.05, 0.1) is 0 Å². The van der Waals surface area contributed by atoms with E-state index in [1.165, 1.54) is 44.1 Å². The SMILES string of the molecule is Oc1ccc2c(c1)CCC1C2CCC23CC2CCC13. The third kappa shape index (κ3) is 1.27. The van der Waals surface area contributed by atoms with Crippen LogP contribution in [0, 0.1) is 23.2 Å². The second kappa shape index (κ2) is 3.37. The Morgan fingerprint density at radius 3 is 2.95 bits per heavy atom. The van der Waals surface area contributed by atoms with Crippen LogP contribution in [0.2, 0.25) is 0 Å². The molecule has 1 nitrogen and oxygen atoms in total. The van der Waals surface area contributed by atoms with E-state index in [1.807, 2.05) is 12.1 Å². The lowest BCUT2D eigenvalue weighted by Gasteiger charge is -2.46. The molecule has 4 aliphatic rings. The summed E-state index contributed by atoms with van der Waals surface area (Å²) in [6.45, 7) is 0. The standard InChI is InChI=1S/C18H22O/c19-13-3-5-14-11(9-13)1-4-16-15(14)7-8-18-10-12(18)2-6-17(16)18/h3,5,9,12,15-17,19H,1-2,4,6-8,10H2. The monoisotopic (exact) mass is 254 g/mol. The maximum absolute atomic E-state index is 9.68. The van der Waals surface area contributed by atoms with Crippen LogP contribution < -0.4 is 0 Å². The summed E-state index contributed by atoms with van der Waals surface area (Å²) in [4.78, 5) is 0. The van der Waals surface area contributed by atoms with Gasteiger partial charge in [0.1, 0.15) is 5.75 Å². The van der Waals surface area contributed by atoms with E-state index < -0.39 is 0 Å². The van der Waals surface area contributed by atoms with E-state index in [2.05, 4.69) is 6.07 Å². The predicted molar refractivity (Wildman–Crippen MR) is 75.2 cm³/mol. The number of aryl methyl sites for hydroxylation is 1. The Balaban J connectivity index is 1.55. The molecule has 0 saturated heterocycles. The van der Waals surface area contributed by atoms with E-state index in [0.717, 1.165) is 29.1 Å². The molecule has 1 aromatic carbocycles. The Labute approximate surface area is 115 Å². The molecule has 1 N–H and O–H groups in total. The lowest BCUT2D eigenvalue weighted by Crippen LogP contribution is -2.36. The molecular weight excluding hydrogens is 232 g/mol.